The Morgan fingerprint density at radius 3 is 2.88 bits per heavy atom. The van der Waals surface area contributed by atoms with E-state index in [1.54, 1.807) is 11.8 Å². The second-order valence-corrected chi connectivity index (χ2v) is 2.98. The van der Waals surface area contributed by atoms with Gasteiger partial charge in [0.25, 0.3) is 0 Å². The van der Waals surface area contributed by atoms with Crippen LogP contribution in [-0.2, 0) is 0 Å². The van der Waals surface area contributed by atoms with E-state index >= 15 is 0 Å². The molecule has 0 aromatic heterocycles. The van der Waals surface area contributed by atoms with Crippen LogP contribution in [0.4, 0.5) is 0 Å². The molecule has 0 spiro atoms. The zero-order valence-electron chi connectivity index (χ0n) is 4.50. The molecule has 46 valence electrons. The molecular formula is C4H9N3S. The van der Waals surface area contributed by atoms with Gasteiger partial charge in [0.2, 0.25) is 0 Å². The minimum Gasteiger partial charge on any atom is -0.379 e. The second-order valence-electron chi connectivity index (χ2n) is 1.65. The molecular weight excluding hydrogens is 122 g/mol. The minimum atomic E-state index is 0.440. The van der Waals surface area contributed by atoms with Crippen LogP contribution in [0, 0.1) is 0 Å². The van der Waals surface area contributed by atoms with Crippen LogP contribution in [0.15, 0.2) is 4.99 Å². The van der Waals surface area contributed by atoms with Crippen molar-refractivity contribution < 1.29 is 0 Å². The molecule has 1 heterocycles. The molecule has 0 aliphatic carbocycles. The first-order chi connectivity index (χ1) is 3.83. The van der Waals surface area contributed by atoms with E-state index in [-0.39, 0.29) is 0 Å². The Hall–Kier alpha value is -0.220. The molecule has 0 amide bonds. The van der Waals surface area contributed by atoms with Crippen LogP contribution in [-0.4, -0.2) is 23.5 Å². The summed E-state index contributed by atoms with van der Waals surface area (Å²) < 4.78 is 0. The summed E-state index contributed by atoms with van der Waals surface area (Å²) in [4.78, 5) is 3.97. The molecule has 1 rings (SSSR count). The summed E-state index contributed by atoms with van der Waals surface area (Å²) in [6.07, 6.45) is 0. The smallest absolute Gasteiger partial charge is 0.154 e. The maximum Gasteiger partial charge on any atom is 0.154 e. The van der Waals surface area contributed by atoms with Gasteiger partial charge in [-0.05, 0) is 0 Å². The fourth-order valence-electron chi connectivity index (χ4n) is 0.560. The largest absolute Gasteiger partial charge is 0.379 e. The monoisotopic (exact) mass is 131 g/mol. The maximum atomic E-state index is 5.36. The normalized spacial score (nSPS) is 28.1. The molecule has 0 fully saturated rings. The molecule has 0 bridgehead atoms. The summed E-state index contributed by atoms with van der Waals surface area (Å²) in [5.41, 5.74) is 10.7. The van der Waals surface area contributed by atoms with Gasteiger partial charge in [-0.15, -0.1) is 0 Å². The molecule has 4 heteroatoms. The Bertz CT molecular complexity index is 112. The van der Waals surface area contributed by atoms with E-state index in [1.165, 1.54) is 0 Å². The standard InChI is InChI=1S/C4H9N3S/c5-1-3-2-7-4(6)8-3/h3H,1-2,5H2,(H2,6,7). The van der Waals surface area contributed by atoms with Gasteiger partial charge >= 0.3 is 0 Å². The number of thioether (sulfide) groups is 1. The van der Waals surface area contributed by atoms with Gasteiger partial charge in [0.1, 0.15) is 0 Å². The van der Waals surface area contributed by atoms with Crippen LogP contribution >= 0.6 is 11.8 Å². The van der Waals surface area contributed by atoms with Gasteiger partial charge < -0.3 is 11.5 Å². The number of aliphatic imine (C=N–C) groups is 1. The third kappa shape index (κ3) is 1.14. The molecule has 3 nitrogen and oxygen atoms in total. The quantitative estimate of drug-likeness (QED) is 0.498. The number of nitrogens with zero attached hydrogens (tertiary/aromatic N) is 1. The SMILES string of the molecule is NCC1CN=C(N)S1. The van der Waals surface area contributed by atoms with E-state index in [4.69, 9.17) is 11.5 Å². The van der Waals surface area contributed by atoms with Crippen LogP contribution in [0.2, 0.25) is 0 Å². The minimum absolute atomic E-state index is 0.440. The first kappa shape index (κ1) is 5.91. The highest BCUT2D eigenvalue weighted by Gasteiger charge is 2.14. The highest BCUT2D eigenvalue weighted by atomic mass is 32.2. The van der Waals surface area contributed by atoms with E-state index in [0.29, 0.717) is 17.0 Å². The molecule has 1 aliphatic heterocycles. The van der Waals surface area contributed by atoms with Crippen molar-refractivity contribution in [3.8, 4) is 0 Å². The summed E-state index contributed by atoms with van der Waals surface area (Å²) in [6.45, 7) is 1.47. The molecule has 0 aromatic rings. The van der Waals surface area contributed by atoms with Crippen LogP contribution in [0.25, 0.3) is 0 Å². The van der Waals surface area contributed by atoms with Crippen molar-refractivity contribution in [3.05, 3.63) is 0 Å². The fraction of sp³-hybridized carbons (Fsp3) is 0.750. The zero-order chi connectivity index (χ0) is 5.98. The van der Waals surface area contributed by atoms with Crippen LogP contribution in [0.5, 0.6) is 0 Å². The van der Waals surface area contributed by atoms with E-state index in [2.05, 4.69) is 4.99 Å². The molecule has 0 radical (unpaired) electrons. The Morgan fingerprint density at radius 1 is 1.88 bits per heavy atom. The lowest BCUT2D eigenvalue weighted by atomic mass is 10.4. The molecule has 0 saturated carbocycles. The predicted molar refractivity (Wildman–Crippen MR) is 36.9 cm³/mol. The third-order valence-electron chi connectivity index (χ3n) is 1.00. The number of nitrogens with two attached hydrogens (primary N) is 2. The predicted octanol–water partition coefficient (Wildman–Crippen LogP) is -0.625. The first-order valence-electron chi connectivity index (χ1n) is 2.49. The summed E-state index contributed by atoms with van der Waals surface area (Å²) in [5.74, 6) is 0. The van der Waals surface area contributed by atoms with Crippen LogP contribution in [0.1, 0.15) is 0 Å². The Balaban J connectivity index is 2.32. The molecule has 0 saturated heterocycles. The van der Waals surface area contributed by atoms with E-state index in [0.717, 1.165) is 6.54 Å². The molecule has 4 N–H and O–H groups in total. The van der Waals surface area contributed by atoms with E-state index in [9.17, 15) is 0 Å². The fourth-order valence-corrected chi connectivity index (χ4v) is 1.30. The third-order valence-corrected chi connectivity index (χ3v) is 2.05. The number of rotatable bonds is 1. The average molecular weight is 131 g/mol. The summed E-state index contributed by atoms with van der Waals surface area (Å²) in [6, 6.07) is 0. The lowest BCUT2D eigenvalue weighted by molar-refractivity contribution is 0.881. The van der Waals surface area contributed by atoms with Gasteiger partial charge in [-0.1, -0.05) is 11.8 Å². The van der Waals surface area contributed by atoms with Crippen molar-refractivity contribution in [1.29, 1.82) is 0 Å². The molecule has 8 heavy (non-hydrogen) atoms. The topological polar surface area (TPSA) is 64.4 Å². The van der Waals surface area contributed by atoms with Gasteiger partial charge in [0.15, 0.2) is 5.17 Å². The van der Waals surface area contributed by atoms with Gasteiger partial charge in [-0.2, -0.15) is 0 Å². The van der Waals surface area contributed by atoms with Crippen molar-refractivity contribution in [2.24, 2.45) is 16.5 Å². The van der Waals surface area contributed by atoms with Gasteiger partial charge in [0, 0.05) is 11.8 Å². The lowest BCUT2D eigenvalue weighted by Crippen LogP contribution is -2.17. The van der Waals surface area contributed by atoms with Crippen molar-refractivity contribution in [3.63, 3.8) is 0 Å². The van der Waals surface area contributed by atoms with Crippen molar-refractivity contribution in [2.75, 3.05) is 13.1 Å². The lowest BCUT2D eigenvalue weighted by Gasteiger charge is -1.99. The number of hydrogen-bond donors (Lipinski definition) is 2. The van der Waals surface area contributed by atoms with Crippen molar-refractivity contribution >= 4 is 16.9 Å². The summed E-state index contributed by atoms with van der Waals surface area (Å²) in [5, 5.41) is 1.12. The van der Waals surface area contributed by atoms with Crippen molar-refractivity contribution in [2.45, 2.75) is 5.25 Å². The van der Waals surface area contributed by atoms with Crippen molar-refractivity contribution in [1.82, 2.24) is 0 Å². The summed E-state index contributed by atoms with van der Waals surface area (Å²) >= 11 is 1.57. The number of hydrogen-bond acceptors (Lipinski definition) is 4. The molecule has 1 atom stereocenters. The van der Waals surface area contributed by atoms with Gasteiger partial charge in [0.05, 0.1) is 6.54 Å². The van der Waals surface area contributed by atoms with Crippen LogP contribution in [0.3, 0.4) is 0 Å². The van der Waals surface area contributed by atoms with E-state index < -0.39 is 0 Å². The Labute approximate surface area is 52.5 Å². The van der Waals surface area contributed by atoms with Gasteiger partial charge in [-0.3, -0.25) is 4.99 Å². The second kappa shape index (κ2) is 2.37. The van der Waals surface area contributed by atoms with Gasteiger partial charge in [-0.25, -0.2) is 0 Å². The number of amidine groups is 1. The zero-order valence-corrected chi connectivity index (χ0v) is 5.32. The Kier molecular flexibility index (Phi) is 1.75. The van der Waals surface area contributed by atoms with Crippen LogP contribution < -0.4 is 11.5 Å². The molecule has 0 aromatic carbocycles. The molecule has 1 aliphatic rings. The first-order valence-corrected chi connectivity index (χ1v) is 3.37. The van der Waals surface area contributed by atoms with E-state index in [1.807, 2.05) is 0 Å². The highest BCUT2D eigenvalue weighted by molar-refractivity contribution is 8.14. The average Bonchev–Trinajstić information content (AvgIpc) is 2.14. The Morgan fingerprint density at radius 2 is 2.62 bits per heavy atom. The highest BCUT2D eigenvalue weighted by Crippen LogP contribution is 2.15. The summed E-state index contributed by atoms with van der Waals surface area (Å²) in [7, 11) is 0. The molecule has 1 unspecified atom stereocenters. The maximum absolute atomic E-state index is 5.36.